The average molecular weight is 213 g/mol. The molecule has 13 heavy (non-hydrogen) atoms. The molecule has 2 nitrogen and oxygen atoms in total. The summed E-state index contributed by atoms with van der Waals surface area (Å²) >= 11 is 11.3. The first kappa shape index (κ1) is 8.73. The van der Waals surface area contributed by atoms with Crippen molar-refractivity contribution in [1.29, 1.82) is 0 Å². The number of aromatic nitrogens is 2. The van der Waals surface area contributed by atoms with Crippen molar-refractivity contribution in [2.24, 2.45) is 0 Å². The fourth-order valence-electron chi connectivity index (χ4n) is 1.09. The van der Waals surface area contributed by atoms with E-state index in [4.69, 9.17) is 23.2 Å². The summed E-state index contributed by atoms with van der Waals surface area (Å²) < 4.78 is 0. The van der Waals surface area contributed by atoms with Gasteiger partial charge < -0.3 is 0 Å². The Balaban J connectivity index is 2.62. The van der Waals surface area contributed by atoms with E-state index in [1.165, 1.54) is 0 Å². The number of alkyl halides is 2. The van der Waals surface area contributed by atoms with E-state index in [9.17, 15) is 0 Å². The Morgan fingerprint density at radius 2 is 1.92 bits per heavy atom. The zero-order chi connectivity index (χ0) is 9.26. The van der Waals surface area contributed by atoms with E-state index < -0.39 is 4.84 Å². The predicted molar refractivity (Wildman–Crippen MR) is 54.0 cm³/mol. The van der Waals surface area contributed by atoms with Crippen molar-refractivity contribution >= 4 is 34.1 Å². The van der Waals surface area contributed by atoms with Gasteiger partial charge in [0.2, 0.25) is 0 Å². The van der Waals surface area contributed by atoms with Crippen LogP contribution in [0.5, 0.6) is 0 Å². The lowest BCUT2D eigenvalue weighted by molar-refractivity contribution is 1.04. The van der Waals surface area contributed by atoms with Crippen LogP contribution in [-0.4, -0.2) is 9.97 Å². The van der Waals surface area contributed by atoms with Gasteiger partial charge in [-0.3, -0.25) is 0 Å². The Labute approximate surface area is 85.5 Å². The molecule has 0 aliphatic carbocycles. The molecule has 1 heterocycles. The molecular formula is C9H6Cl2N2. The highest BCUT2D eigenvalue weighted by Crippen LogP contribution is 2.22. The van der Waals surface area contributed by atoms with Gasteiger partial charge in [-0.1, -0.05) is 41.4 Å². The predicted octanol–water partition coefficient (Wildman–Crippen LogP) is 3.11. The van der Waals surface area contributed by atoms with Crippen LogP contribution in [-0.2, 0) is 0 Å². The van der Waals surface area contributed by atoms with E-state index in [0.29, 0.717) is 5.82 Å². The minimum absolute atomic E-state index is 0.446. The Morgan fingerprint density at radius 3 is 2.69 bits per heavy atom. The fraction of sp³-hybridized carbons (Fsp3) is 0.111. The van der Waals surface area contributed by atoms with Crippen LogP contribution < -0.4 is 0 Å². The normalized spacial score (nSPS) is 11.0. The van der Waals surface area contributed by atoms with Crippen molar-refractivity contribution in [2.45, 2.75) is 4.84 Å². The standard InChI is InChI=1S/C9H6Cl2N2/c10-8(11)9-12-5-6-3-1-2-4-7(6)13-9/h1-5,8H. The first-order chi connectivity index (χ1) is 6.27. The van der Waals surface area contributed by atoms with Gasteiger partial charge in [-0.05, 0) is 6.07 Å². The highest BCUT2D eigenvalue weighted by Gasteiger charge is 2.06. The summed E-state index contributed by atoms with van der Waals surface area (Å²) in [4.78, 5) is 7.57. The molecule has 0 atom stereocenters. The number of fused-ring (bicyclic) bond motifs is 1. The number of halogens is 2. The quantitative estimate of drug-likeness (QED) is 0.680. The van der Waals surface area contributed by atoms with Crippen molar-refractivity contribution in [3.8, 4) is 0 Å². The smallest absolute Gasteiger partial charge is 0.167 e. The molecule has 1 aromatic heterocycles. The molecular weight excluding hydrogens is 207 g/mol. The Hall–Kier alpha value is -0.860. The highest BCUT2D eigenvalue weighted by atomic mass is 35.5. The third-order valence-electron chi connectivity index (χ3n) is 1.70. The minimum atomic E-state index is -0.662. The third kappa shape index (κ3) is 1.74. The molecule has 0 fully saturated rings. The van der Waals surface area contributed by atoms with Gasteiger partial charge in [0.05, 0.1) is 5.52 Å². The van der Waals surface area contributed by atoms with Gasteiger partial charge >= 0.3 is 0 Å². The van der Waals surface area contributed by atoms with Crippen LogP contribution in [0.1, 0.15) is 10.7 Å². The zero-order valence-corrected chi connectivity index (χ0v) is 8.13. The molecule has 0 aliphatic heterocycles. The number of rotatable bonds is 1. The third-order valence-corrected chi connectivity index (χ3v) is 2.09. The molecule has 0 radical (unpaired) electrons. The van der Waals surface area contributed by atoms with E-state index in [1.54, 1.807) is 6.20 Å². The van der Waals surface area contributed by atoms with Crippen LogP contribution >= 0.6 is 23.2 Å². The Morgan fingerprint density at radius 1 is 1.15 bits per heavy atom. The lowest BCUT2D eigenvalue weighted by Crippen LogP contribution is -1.93. The van der Waals surface area contributed by atoms with E-state index >= 15 is 0 Å². The molecule has 66 valence electrons. The van der Waals surface area contributed by atoms with E-state index in [1.807, 2.05) is 24.3 Å². The van der Waals surface area contributed by atoms with Crippen LogP contribution in [0.3, 0.4) is 0 Å². The van der Waals surface area contributed by atoms with E-state index in [2.05, 4.69) is 9.97 Å². The number of benzene rings is 1. The van der Waals surface area contributed by atoms with Gasteiger partial charge in [-0.2, -0.15) is 0 Å². The fourth-order valence-corrected chi connectivity index (χ4v) is 1.30. The highest BCUT2D eigenvalue weighted by molar-refractivity contribution is 6.43. The summed E-state index contributed by atoms with van der Waals surface area (Å²) in [6, 6.07) is 7.69. The molecule has 0 N–H and O–H groups in total. The summed E-state index contributed by atoms with van der Waals surface area (Å²) in [5.74, 6) is 0.446. The molecule has 0 aliphatic rings. The molecule has 0 saturated carbocycles. The summed E-state index contributed by atoms with van der Waals surface area (Å²) in [5.41, 5.74) is 0.860. The van der Waals surface area contributed by atoms with Gasteiger partial charge in [0.25, 0.3) is 0 Å². The van der Waals surface area contributed by atoms with Crippen LogP contribution in [0.4, 0.5) is 0 Å². The van der Waals surface area contributed by atoms with Crippen molar-refractivity contribution in [3.05, 3.63) is 36.3 Å². The van der Waals surface area contributed by atoms with E-state index in [0.717, 1.165) is 10.9 Å². The van der Waals surface area contributed by atoms with Crippen molar-refractivity contribution in [3.63, 3.8) is 0 Å². The minimum Gasteiger partial charge on any atom is -0.238 e. The van der Waals surface area contributed by atoms with Gasteiger partial charge in [-0.15, -0.1) is 0 Å². The second-order valence-corrected chi connectivity index (χ2v) is 3.68. The molecule has 0 amide bonds. The second kappa shape index (κ2) is 3.48. The summed E-state index contributed by atoms with van der Waals surface area (Å²) in [7, 11) is 0. The first-order valence-corrected chi connectivity index (χ1v) is 4.64. The summed E-state index contributed by atoms with van der Waals surface area (Å²) in [5, 5.41) is 0.986. The van der Waals surface area contributed by atoms with Crippen LogP contribution in [0, 0.1) is 0 Å². The number of hydrogen-bond donors (Lipinski definition) is 0. The van der Waals surface area contributed by atoms with Crippen LogP contribution in [0.25, 0.3) is 10.9 Å². The van der Waals surface area contributed by atoms with E-state index in [-0.39, 0.29) is 0 Å². The van der Waals surface area contributed by atoms with Crippen molar-refractivity contribution < 1.29 is 0 Å². The monoisotopic (exact) mass is 212 g/mol. The van der Waals surface area contributed by atoms with Crippen molar-refractivity contribution in [1.82, 2.24) is 9.97 Å². The van der Waals surface area contributed by atoms with Crippen molar-refractivity contribution in [2.75, 3.05) is 0 Å². The molecule has 2 rings (SSSR count). The maximum absolute atomic E-state index is 5.64. The lowest BCUT2D eigenvalue weighted by atomic mass is 10.2. The molecule has 0 bridgehead atoms. The first-order valence-electron chi connectivity index (χ1n) is 3.77. The molecule has 0 unspecified atom stereocenters. The van der Waals surface area contributed by atoms with Gasteiger partial charge in [0.15, 0.2) is 10.7 Å². The molecule has 4 heteroatoms. The summed E-state index contributed by atoms with van der Waals surface area (Å²) in [6.45, 7) is 0. The maximum Gasteiger partial charge on any atom is 0.167 e. The molecule has 2 aromatic rings. The largest absolute Gasteiger partial charge is 0.238 e. The Bertz CT molecular complexity index is 429. The zero-order valence-electron chi connectivity index (χ0n) is 6.61. The molecule has 1 aromatic carbocycles. The lowest BCUT2D eigenvalue weighted by Gasteiger charge is -2.00. The van der Waals surface area contributed by atoms with Crippen LogP contribution in [0.15, 0.2) is 30.5 Å². The second-order valence-electron chi connectivity index (χ2n) is 2.59. The van der Waals surface area contributed by atoms with Gasteiger partial charge in [-0.25, -0.2) is 9.97 Å². The Kier molecular flexibility index (Phi) is 2.34. The molecule has 0 spiro atoms. The number of nitrogens with zero attached hydrogens (tertiary/aromatic N) is 2. The summed E-state index contributed by atoms with van der Waals surface area (Å²) in [6.07, 6.45) is 1.72. The van der Waals surface area contributed by atoms with Gasteiger partial charge in [0, 0.05) is 11.6 Å². The topological polar surface area (TPSA) is 25.8 Å². The number of hydrogen-bond acceptors (Lipinski definition) is 2. The maximum atomic E-state index is 5.64. The van der Waals surface area contributed by atoms with Crippen LogP contribution in [0.2, 0.25) is 0 Å². The number of para-hydroxylation sites is 1. The average Bonchev–Trinajstić information content (AvgIpc) is 2.17. The SMILES string of the molecule is ClC(Cl)c1ncc2ccccc2n1. The molecule has 0 saturated heterocycles. The van der Waals surface area contributed by atoms with Gasteiger partial charge in [0.1, 0.15) is 0 Å².